The fourth-order valence-corrected chi connectivity index (χ4v) is 2.68. The lowest BCUT2D eigenvalue weighted by atomic mass is 10.0. The van der Waals surface area contributed by atoms with Crippen LogP contribution in [0, 0.1) is 0 Å². The summed E-state index contributed by atoms with van der Waals surface area (Å²) in [5, 5.41) is 8.27. The van der Waals surface area contributed by atoms with Crippen molar-refractivity contribution in [2.24, 2.45) is 0 Å². The van der Waals surface area contributed by atoms with E-state index >= 15 is 0 Å². The van der Waals surface area contributed by atoms with E-state index in [1.54, 1.807) is 12.3 Å². The SMILES string of the molecule is O=C(c1ccnnc1)N1CCCCC1CBr. The van der Waals surface area contributed by atoms with E-state index in [1.807, 2.05) is 4.90 Å². The van der Waals surface area contributed by atoms with Gasteiger partial charge in [0.2, 0.25) is 0 Å². The molecule has 1 unspecified atom stereocenters. The fourth-order valence-electron chi connectivity index (χ4n) is 2.01. The van der Waals surface area contributed by atoms with Crippen LogP contribution >= 0.6 is 15.9 Å². The van der Waals surface area contributed by atoms with Gasteiger partial charge >= 0.3 is 0 Å². The third kappa shape index (κ3) is 2.40. The van der Waals surface area contributed by atoms with Gasteiger partial charge < -0.3 is 4.90 Å². The molecule has 1 aliphatic rings. The van der Waals surface area contributed by atoms with Gasteiger partial charge in [-0.1, -0.05) is 15.9 Å². The molecule has 0 radical (unpaired) electrons. The second-order valence-corrected chi connectivity index (χ2v) is 4.58. The number of amides is 1. The van der Waals surface area contributed by atoms with Gasteiger partial charge in [-0.2, -0.15) is 10.2 Å². The first kappa shape index (κ1) is 11.5. The predicted octanol–water partition coefficient (Wildman–Crippen LogP) is 1.87. The minimum absolute atomic E-state index is 0.0686. The molecule has 1 aromatic rings. The molecule has 1 atom stereocenters. The maximum atomic E-state index is 12.2. The Kier molecular flexibility index (Phi) is 3.88. The number of carbonyl (C=O) groups excluding carboxylic acids is 1. The smallest absolute Gasteiger partial charge is 0.255 e. The number of piperidine rings is 1. The maximum Gasteiger partial charge on any atom is 0.255 e. The third-order valence-corrected chi connectivity index (χ3v) is 3.64. The summed E-state index contributed by atoms with van der Waals surface area (Å²) in [7, 11) is 0. The lowest BCUT2D eigenvalue weighted by Crippen LogP contribution is -2.44. The van der Waals surface area contributed by atoms with Crippen LogP contribution in [0.25, 0.3) is 0 Å². The number of alkyl halides is 1. The van der Waals surface area contributed by atoms with Gasteiger partial charge in [-0.25, -0.2) is 0 Å². The molecule has 0 aromatic carbocycles. The van der Waals surface area contributed by atoms with Crippen LogP contribution in [0.3, 0.4) is 0 Å². The van der Waals surface area contributed by atoms with Gasteiger partial charge in [0.25, 0.3) is 5.91 Å². The first-order valence-corrected chi connectivity index (χ1v) is 6.58. The zero-order valence-electron chi connectivity index (χ0n) is 8.97. The van der Waals surface area contributed by atoms with Crippen LogP contribution in [0.1, 0.15) is 29.6 Å². The van der Waals surface area contributed by atoms with Crippen molar-refractivity contribution in [2.45, 2.75) is 25.3 Å². The van der Waals surface area contributed by atoms with Crippen LogP contribution in [0.15, 0.2) is 18.5 Å². The number of hydrogen-bond acceptors (Lipinski definition) is 3. The minimum Gasteiger partial charge on any atom is -0.335 e. The molecule has 0 bridgehead atoms. The molecule has 0 N–H and O–H groups in total. The molecule has 1 aliphatic heterocycles. The Hall–Kier alpha value is -0.970. The molecule has 5 heteroatoms. The van der Waals surface area contributed by atoms with E-state index < -0.39 is 0 Å². The van der Waals surface area contributed by atoms with Gasteiger partial charge in [0, 0.05) is 17.9 Å². The number of rotatable bonds is 2. The molecule has 4 nitrogen and oxygen atoms in total. The van der Waals surface area contributed by atoms with Crippen LogP contribution in [0.5, 0.6) is 0 Å². The summed E-state index contributed by atoms with van der Waals surface area (Å²) in [5.74, 6) is 0.0686. The van der Waals surface area contributed by atoms with Crippen LogP contribution in [-0.4, -0.2) is 38.9 Å². The van der Waals surface area contributed by atoms with Gasteiger partial charge in [-0.05, 0) is 25.3 Å². The second-order valence-electron chi connectivity index (χ2n) is 3.93. The zero-order chi connectivity index (χ0) is 11.4. The number of likely N-dealkylation sites (tertiary alicyclic amines) is 1. The summed E-state index contributed by atoms with van der Waals surface area (Å²) in [6.45, 7) is 0.845. The highest BCUT2D eigenvalue weighted by molar-refractivity contribution is 9.09. The summed E-state index contributed by atoms with van der Waals surface area (Å²) in [6.07, 6.45) is 6.46. The number of carbonyl (C=O) groups is 1. The largest absolute Gasteiger partial charge is 0.335 e. The summed E-state index contributed by atoms with van der Waals surface area (Å²) in [6, 6.07) is 2.03. The molecule has 0 saturated carbocycles. The van der Waals surface area contributed by atoms with Crippen LogP contribution < -0.4 is 0 Å². The van der Waals surface area contributed by atoms with E-state index in [0.717, 1.165) is 24.7 Å². The molecule has 2 heterocycles. The average Bonchev–Trinajstić information content (AvgIpc) is 2.39. The quantitative estimate of drug-likeness (QED) is 0.779. The van der Waals surface area contributed by atoms with Crippen LogP contribution in [0.2, 0.25) is 0 Å². The van der Waals surface area contributed by atoms with Gasteiger partial charge in [-0.3, -0.25) is 4.79 Å². The molecule has 16 heavy (non-hydrogen) atoms. The Balaban J connectivity index is 2.14. The van der Waals surface area contributed by atoms with Gasteiger partial charge in [0.1, 0.15) is 0 Å². The Morgan fingerprint density at radius 3 is 3.06 bits per heavy atom. The average molecular weight is 284 g/mol. The first-order valence-electron chi connectivity index (χ1n) is 5.46. The van der Waals surface area contributed by atoms with E-state index in [4.69, 9.17) is 0 Å². The van der Waals surface area contributed by atoms with Gasteiger partial charge in [0.05, 0.1) is 18.0 Å². The molecule has 1 aromatic heterocycles. The van der Waals surface area contributed by atoms with E-state index in [0.29, 0.717) is 11.6 Å². The molecule has 1 fully saturated rings. The summed E-state index contributed by atoms with van der Waals surface area (Å²) in [4.78, 5) is 14.1. The van der Waals surface area contributed by atoms with Crippen molar-refractivity contribution in [2.75, 3.05) is 11.9 Å². The van der Waals surface area contributed by atoms with Crippen molar-refractivity contribution >= 4 is 21.8 Å². The Bertz CT molecular complexity index is 358. The van der Waals surface area contributed by atoms with Crippen molar-refractivity contribution in [1.29, 1.82) is 0 Å². The van der Waals surface area contributed by atoms with Gasteiger partial charge in [-0.15, -0.1) is 0 Å². The normalized spacial score (nSPS) is 20.8. The molecule has 2 rings (SSSR count). The highest BCUT2D eigenvalue weighted by Gasteiger charge is 2.26. The number of hydrogen-bond donors (Lipinski definition) is 0. The first-order chi connectivity index (χ1) is 7.83. The van der Waals surface area contributed by atoms with Crippen molar-refractivity contribution < 1.29 is 4.79 Å². The maximum absolute atomic E-state index is 12.2. The summed E-state index contributed by atoms with van der Waals surface area (Å²) >= 11 is 3.47. The Labute approximate surface area is 103 Å². The molecular weight excluding hydrogens is 270 g/mol. The molecule has 1 amide bonds. The zero-order valence-corrected chi connectivity index (χ0v) is 10.6. The number of halogens is 1. The number of aromatic nitrogens is 2. The predicted molar refractivity (Wildman–Crippen MR) is 64.5 cm³/mol. The third-order valence-electron chi connectivity index (χ3n) is 2.90. The van der Waals surface area contributed by atoms with E-state index in [-0.39, 0.29) is 5.91 Å². The van der Waals surface area contributed by atoms with Gasteiger partial charge in [0.15, 0.2) is 0 Å². The topological polar surface area (TPSA) is 46.1 Å². The lowest BCUT2D eigenvalue weighted by molar-refractivity contribution is 0.0641. The van der Waals surface area contributed by atoms with E-state index in [2.05, 4.69) is 26.1 Å². The highest BCUT2D eigenvalue weighted by Crippen LogP contribution is 2.20. The molecule has 86 valence electrons. The second kappa shape index (κ2) is 5.39. The number of nitrogens with zero attached hydrogens (tertiary/aromatic N) is 3. The van der Waals surface area contributed by atoms with E-state index in [1.165, 1.54) is 12.6 Å². The van der Waals surface area contributed by atoms with Crippen LogP contribution in [-0.2, 0) is 0 Å². The van der Waals surface area contributed by atoms with Crippen molar-refractivity contribution in [3.05, 3.63) is 24.0 Å². The summed E-state index contributed by atoms with van der Waals surface area (Å²) in [5.41, 5.74) is 0.628. The molecular formula is C11H14BrN3O. The monoisotopic (exact) mass is 283 g/mol. The fraction of sp³-hybridized carbons (Fsp3) is 0.545. The minimum atomic E-state index is 0.0686. The van der Waals surface area contributed by atoms with Crippen molar-refractivity contribution in [3.63, 3.8) is 0 Å². The summed E-state index contributed by atoms with van der Waals surface area (Å²) < 4.78 is 0. The highest BCUT2D eigenvalue weighted by atomic mass is 79.9. The Morgan fingerprint density at radius 1 is 1.50 bits per heavy atom. The standard InChI is InChI=1S/C11H14BrN3O/c12-7-10-3-1-2-6-15(10)11(16)9-4-5-13-14-8-9/h4-5,8,10H,1-3,6-7H2. The lowest BCUT2D eigenvalue weighted by Gasteiger charge is -2.34. The molecule has 1 saturated heterocycles. The molecule has 0 aliphatic carbocycles. The van der Waals surface area contributed by atoms with Crippen LogP contribution in [0.4, 0.5) is 0 Å². The van der Waals surface area contributed by atoms with Crippen molar-refractivity contribution in [1.82, 2.24) is 15.1 Å². The van der Waals surface area contributed by atoms with Crippen molar-refractivity contribution in [3.8, 4) is 0 Å². The molecule has 0 spiro atoms. The Morgan fingerprint density at radius 2 is 2.38 bits per heavy atom. The van der Waals surface area contributed by atoms with E-state index in [9.17, 15) is 4.79 Å².